The van der Waals surface area contributed by atoms with E-state index < -0.39 is 9.84 Å². The van der Waals surface area contributed by atoms with Crippen LogP contribution in [0.1, 0.15) is 22.5 Å². The first-order valence-corrected chi connectivity index (χ1v) is 10.1. The molecule has 3 rings (SSSR count). The molecule has 0 saturated carbocycles. The maximum atomic E-state index is 12.7. The smallest absolute Gasteiger partial charge is 0.289 e. The molecule has 7 nitrogen and oxygen atoms in total. The van der Waals surface area contributed by atoms with Crippen molar-refractivity contribution in [2.75, 3.05) is 31.3 Å². The lowest BCUT2D eigenvalue weighted by Gasteiger charge is -2.31. The van der Waals surface area contributed by atoms with Crippen LogP contribution in [-0.4, -0.2) is 51.5 Å². The average Bonchev–Trinajstić information content (AvgIpc) is 3.13. The first-order valence-electron chi connectivity index (χ1n) is 8.19. The molecule has 0 radical (unpaired) electrons. The summed E-state index contributed by atoms with van der Waals surface area (Å²) >= 11 is 0. The van der Waals surface area contributed by atoms with Crippen molar-refractivity contribution >= 4 is 27.3 Å². The number of carbonyl (C=O) groups is 2. The lowest BCUT2D eigenvalue weighted by atomic mass is 10.0. The van der Waals surface area contributed by atoms with E-state index in [1.807, 2.05) is 0 Å². The van der Waals surface area contributed by atoms with Gasteiger partial charge in [-0.15, -0.1) is 0 Å². The van der Waals surface area contributed by atoms with Gasteiger partial charge < -0.3 is 14.2 Å². The number of benzene rings is 1. The van der Waals surface area contributed by atoms with Crippen molar-refractivity contribution in [1.82, 2.24) is 4.90 Å². The summed E-state index contributed by atoms with van der Waals surface area (Å²) in [6.45, 7) is 0.444. The van der Waals surface area contributed by atoms with Crippen LogP contribution < -0.4 is 4.90 Å². The first kappa shape index (κ1) is 18.2. The Bertz CT molecular complexity index is 934. The van der Waals surface area contributed by atoms with Gasteiger partial charge in [0, 0.05) is 25.5 Å². The summed E-state index contributed by atoms with van der Waals surface area (Å²) in [4.78, 5) is 28.1. The number of hydrogen-bond acceptors (Lipinski definition) is 5. The minimum Gasteiger partial charge on any atom is -0.459 e. The standard InChI is InChI=1S/C18H20N2O5S/c1-19(18(22)16-6-4-10-25-16)12-17(21)20-9-3-5-13-11-14(26(2,23)24)7-8-15(13)20/h4,6-8,10-11H,3,5,9,12H2,1-2H3. The highest BCUT2D eigenvalue weighted by atomic mass is 32.2. The third-order valence-electron chi connectivity index (χ3n) is 4.35. The Morgan fingerprint density at radius 2 is 2.04 bits per heavy atom. The largest absolute Gasteiger partial charge is 0.459 e. The van der Waals surface area contributed by atoms with Crippen molar-refractivity contribution in [2.45, 2.75) is 17.7 Å². The van der Waals surface area contributed by atoms with Crippen molar-refractivity contribution in [3.05, 3.63) is 47.9 Å². The van der Waals surface area contributed by atoms with E-state index in [4.69, 9.17) is 4.42 Å². The fourth-order valence-electron chi connectivity index (χ4n) is 3.01. The SMILES string of the molecule is CN(CC(=O)N1CCCc2cc(S(C)(=O)=O)ccc21)C(=O)c1ccco1. The molecule has 1 aliphatic rings. The lowest BCUT2D eigenvalue weighted by molar-refractivity contribution is -0.119. The number of likely N-dealkylation sites (N-methyl/N-ethyl adjacent to an activating group) is 1. The zero-order valence-corrected chi connectivity index (χ0v) is 15.5. The number of anilines is 1. The monoisotopic (exact) mass is 376 g/mol. The second-order valence-electron chi connectivity index (χ2n) is 6.35. The molecule has 0 aliphatic carbocycles. The van der Waals surface area contributed by atoms with Gasteiger partial charge in [0.25, 0.3) is 5.91 Å². The molecule has 0 saturated heterocycles. The number of fused-ring (bicyclic) bond motifs is 1. The normalized spacial score (nSPS) is 14.0. The Labute approximate surface area is 152 Å². The van der Waals surface area contributed by atoms with Crippen molar-refractivity contribution in [3.63, 3.8) is 0 Å². The predicted octanol–water partition coefficient (Wildman–Crippen LogP) is 1.73. The molecular formula is C18H20N2O5S. The van der Waals surface area contributed by atoms with Crippen molar-refractivity contribution in [3.8, 4) is 0 Å². The van der Waals surface area contributed by atoms with Crippen LogP contribution in [0.2, 0.25) is 0 Å². The molecule has 2 aromatic rings. The predicted molar refractivity (Wildman–Crippen MR) is 95.9 cm³/mol. The molecule has 138 valence electrons. The molecule has 0 N–H and O–H groups in total. The average molecular weight is 376 g/mol. The highest BCUT2D eigenvalue weighted by Gasteiger charge is 2.26. The van der Waals surface area contributed by atoms with Gasteiger partial charge in [-0.05, 0) is 48.7 Å². The van der Waals surface area contributed by atoms with E-state index in [0.717, 1.165) is 18.2 Å². The lowest BCUT2D eigenvalue weighted by Crippen LogP contribution is -2.43. The van der Waals surface area contributed by atoms with Crippen molar-refractivity contribution in [1.29, 1.82) is 0 Å². The summed E-state index contributed by atoms with van der Waals surface area (Å²) < 4.78 is 28.5. The number of furan rings is 1. The minimum absolute atomic E-state index is 0.0905. The Morgan fingerprint density at radius 1 is 1.27 bits per heavy atom. The summed E-state index contributed by atoms with van der Waals surface area (Å²) in [5.74, 6) is -0.411. The Kier molecular flexibility index (Phi) is 4.86. The maximum absolute atomic E-state index is 12.7. The molecule has 8 heteroatoms. The first-order chi connectivity index (χ1) is 12.3. The molecule has 0 fully saturated rings. The van der Waals surface area contributed by atoms with Crippen molar-refractivity contribution in [2.24, 2.45) is 0 Å². The van der Waals surface area contributed by atoms with Crippen LogP contribution in [0.5, 0.6) is 0 Å². The van der Waals surface area contributed by atoms with Gasteiger partial charge in [-0.25, -0.2) is 8.42 Å². The second kappa shape index (κ2) is 6.95. The molecule has 1 aromatic carbocycles. The summed E-state index contributed by atoms with van der Waals surface area (Å²) in [5, 5.41) is 0. The van der Waals surface area contributed by atoms with Gasteiger partial charge in [0.15, 0.2) is 15.6 Å². The Balaban J connectivity index is 1.78. The fraction of sp³-hybridized carbons (Fsp3) is 0.333. The van der Waals surface area contributed by atoms with E-state index >= 15 is 0 Å². The van der Waals surface area contributed by atoms with E-state index in [1.54, 1.807) is 36.2 Å². The van der Waals surface area contributed by atoms with Crippen LogP contribution in [0.4, 0.5) is 5.69 Å². The third kappa shape index (κ3) is 3.65. The Morgan fingerprint density at radius 3 is 2.69 bits per heavy atom. The van der Waals surface area contributed by atoms with E-state index in [1.165, 1.54) is 17.2 Å². The topological polar surface area (TPSA) is 87.9 Å². The highest BCUT2D eigenvalue weighted by molar-refractivity contribution is 7.90. The number of aryl methyl sites for hydroxylation is 1. The number of hydrogen-bond donors (Lipinski definition) is 0. The number of nitrogens with zero attached hydrogens (tertiary/aromatic N) is 2. The molecule has 1 aliphatic heterocycles. The highest BCUT2D eigenvalue weighted by Crippen LogP contribution is 2.29. The summed E-state index contributed by atoms with van der Waals surface area (Å²) in [6.07, 6.45) is 4.02. The number of amides is 2. The van der Waals surface area contributed by atoms with E-state index in [2.05, 4.69) is 0 Å². The van der Waals surface area contributed by atoms with Gasteiger partial charge in [0.2, 0.25) is 5.91 Å². The third-order valence-corrected chi connectivity index (χ3v) is 5.46. The van der Waals surface area contributed by atoms with E-state index in [-0.39, 0.29) is 29.0 Å². The molecule has 0 unspecified atom stereocenters. The molecule has 0 bridgehead atoms. The van der Waals surface area contributed by atoms with Gasteiger partial charge >= 0.3 is 0 Å². The summed E-state index contributed by atoms with van der Waals surface area (Å²) in [6, 6.07) is 7.96. The van der Waals surface area contributed by atoms with Gasteiger partial charge in [-0.3, -0.25) is 9.59 Å². The number of sulfone groups is 1. The molecule has 2 amide bonds. The summed E-state index contributed by atoms with van der Waals surface area (Å²) in [5.41, 5.74) is 1.53. The van der Waals surface area contributed by atoms with Crippen LogP contribution in [-0.2, 0) is 21.1 Å². The maximum Gasteiger partial charge on any atom is 0.289 e. The Hall–Kier alpha value is -2.61. The number of carbonyl (C=O) groups excluding carboxylic acids is 2. The molecule has 0 atom stereocenters. The molecule has 2 heterocycles. The van der Waals surface area contributed by atoms with Gasteiger partial charge in [-0.1, -0.05) is 0 Å². The van der Waals surface area contributed by atoms with Crippen LogP contribution in [0.25, 0.3) is 0 Å². The fourth-order valence-corrected chi connectivity index (χ4v) is 3.68. The molecule has 1 aromatic heterocycles. The molecular weight excluding hydrogens is 356 g/mol. The van der Waals surface area contributed by atoms with E-state index in [9.17, 15) is 18.0 Å². The van der Waals surface area contributed by atoms with Crippen LogP contribution in [0, 0.1) is 0 Å². The quantitative estimate of drug-likeness (QED) is 0.811. The van der Waals surface area contributed by atoms with Gasteiger partial charge in [0.1, 0.15) is 6.54 Å². The molecule has 0 spiro atoms. The van der Waals surface area contributed by atoms with Gasteiger partial charge in [0.05, 0.1) is 11.2 Å². The summed E-state index contributed by atoms with van der Waals surface area (Å²) in [7, 11) is -1.75. The molecule has 26 heavy (non-hydrogen) atoms. The zero-order chi connectivity index (χ0) is 18.9. The zero-order valence-electron chi connectivity index (χ0n) is 14.6. The second-order valence-corrected chi connectivity index (χ2v) is 8.37. The van der Waals surface area contributed by atoms with Crippen LogP contribution in [0.3, 0.4) is 0 Å². The van der Waals surface area contributed by atoms with E-state index in [0.29, 0.717) is 18.7 Å². The van der Waals surface area contributed by atoms with Gasteiger partial charge in [-0.2, -0.15) is 0 Å². The van der Waals surface area contributed by atoms with Crippen LogP contribution in [0.15, 0.2) is 45.9 Å². The van der Waals surface area contributed by atoms with Crippen LogP contribution >= 0.6 is 0 Å². The van der Waals surface area contributed by atoms with Crippen molar-refractivity contribution < 1.29 is 22.4 Å². The minimum atomic E-state index is -3.30. The number of rotatable bonds is 4.